The Morgan fingerprint density at radius 3 is 2.71 bits per heavy atom. The molecule has 0 fully saturated rings. The van der Waals surface area contributed by atoms with E-state index in [2.05, 4.69) is 15.5 Å². The van der Waals surface area contributed by atoms with Crippen molar-refractivity contribution >= 4 is 29.1 Å². The summed E-state index contributed by atoms with van der Waals surface area (Å²) in [5, 5.41) is 12.1. The van der Waals surface area contributed by atoms with Crippen molar-refractivity contribution in [3.05, 3.63) is 47.9 Å². The first-order valence-electron chi connectivity index (χ1n) is 8.94. The maximum absolute atomic E-state index is 12.2. The van der Waals surface area contributed by atoms with Gasteiger partial charge >= 0.3 is 0 Å². The van der Waals surface area contributed by atoms with Gasteiger partial charge in [0.2, 0.25) is 5.91 Å². The van der Waals surface area contributed by atoms with Gasteiger partial charge in [-0.1, -0.05) is 23.9 Å². The molecule has 1 N–H and O–H groups in total. The third-order valence-electron chi connectivity index (χ3n) is 4.29. The summed E-state index contributed by atoms with van der Waals surface area (Å²) in [6.45, 7) is 3.38. The molecule has 2 heterocycles. The fourth-order valence-electron chi connectivity index (χ4n) is 2.80. The number of aryl methyl sites for hydroxylation is 1. The number of para-hydroxylation sites is 1. The van der Waals surface area contributed by atoms with Crippen molar-refractivity contribution < 1.29 is 14.0 Å². The summed E-state index contributed by atoms with van der Waals surface area (Å²) in [4.78, 5) is 23.8. The highest BCUT2D eigenvalue weighted by Gasteiger charge is 2.15. The monoisotopic (exact) mass is 398 g/mol. The third-order valence-corrected chi connectivity index (χ3v) is 5.40. The van der Waals surface area contributed by atoms with Crippen molar-refractivity contribution in [2.75, 3.05) is 11.1 Å². The summed E-state index contributed by atoms with van der Waals surface area (Å²) in [7, 11) is 1.91. The van der Waals surface area contributed by atoms with Crippen molar-refractivity contribution in [3.8, 4) is 11.4 Å². The predicted molar refractivity (Wildman–Crippen MR) is 108 cm³/mol. The number of aromatic nitrogens is 3. The zero-order valence-corrected chi connectivity index (χ0v) is 16.9. The number of Topliss-reactive ketones (excluding diaryl/α,β-unsaturated/α-hetero) is 1. The zero-order valence-electron chi connectivity index (χ0n) is 16.1. The molecule has 146 valence electrons. The average molecular weight is 398 g/mol. The fourth-order valence-corrected chi connectivity index (χ4v) is 3.65. The number of nitrogens with one attached hydrogen (secondary N) is 1. The molecular weight excluding hydrogens is 376 g/mol. The molecule has 0 aliphatic heterocycles. The van der Waals surface area contributed by atoms with Gasteiger partial charge in [0.1, 0.15) is 5.76 Å². The van der Waals surface area contributed by atoms with Crippen LogP contribution in [0.5, 0.6) is 0 Å². The number of amides is 1. The average Bonchev–Trinajstić information content (AvgIpc) is 3.24. The van der Waals surface area contributed by atoms with Gasteiger partial charge in [-0.2, -0.15) is 0 Å². The first-order chi connectivity index (χ1) is 13.5. The number of nitrogens with zero attached hydrogens (tertiary/aromatic N) is 3. The van der Waals surface area contributed by atoms with Crippen LogP contribution in [-0.2, 0) is 11.8 Å². The van der Waals surface area contributed by atoms with Gasteiger partial charge in [0.05, 0.1) is 17.5 Å². The van der Waals surface area contributed by atoms with Gasteiger partial charge in [0, 0.05) is 24.8 Å². The first kappa shape index (κ1) is 19.9. The smallest absolute Gasteiger partial charge is 0.224 e. The van der Waals surface area contributed by atoms with E-state index in [9.17, 15) is 9.59 Å². The molecule has 0 radical (unpaired) electrons. The second-order valence-electron chi connectivity index (χ2n) is 6.36. The largest absolute Gasteiger partial charge is 0.469 e. The van der Waals surface area contributed by atoms with E-state index in [0.717, 1.165) is 28.1 Å². The van der Waals surface area contributed by atoms with Crippen LogP contribution in [0.15, 0.2) is 46.2 Å². The van der Waals surface area contributed by atoms with E-state index in [-0.39, 0.29) is 11.7 Å². The molecule has 0 unspecified atom stereocenters. The quantitative estimate of drug-likeness (QED) is 0.349. The molecule has 0 aliphatic rings. The van der Waals surface area contributed by atoms with Crippen LogP contribution in [0.2, 0.25) is 0 Å². The van der Waals surface area contributed by atoms with Gasteiger partial charge in [-0.3, -0.25) is 9.59 Å². The minimum atomic E-state index is -0.109. The van der Waals surface area contributed by atoms with E-state index in [4.69, 9.17) is 4.42 Å². The number of anilines is 1. The molecule has 0 spiro atoms. The number of rotatable bonds is 8. The number of hydrogen-bond acceptors (Lipinski definition) is 6. The minimum absolute atomic E-state index is 0.0719. The molecule has 3 aromatic rings. The SMILES string of the molecule is CC(=O)c1ccccc1NC(=O)CCCSc1nnc(-c2ccoc2C)n1C. The molecule has 2 aromatic heterocycles. The second-order valence-corrected chi connectivity index (χ2v) is 7.42. The molecular formula is C20H22N4O3S. The third kappa shape index (κ3) is 4.51. The molecule has 1 amide bonds. The highest BCUT2D eigenvalue weighted by molar-refractivity contribution is 7.99. The van der Waals surface area contributed by atoms with Crippen LogP contribution in [0.1, 0.15) is 35.9 Å². The molecule has 1 aromatic carbocycles. The minimum Gasteiger partial charge on any atom is -0.469 e. The Hall–Kier alpha value is -2.87. The van der Waals surface area contributed by atoms with E-state index in [1.165, 1.54) is 6.92 Å². The Labute approximate surface area is 167 Å². The number of hydrogen-bond donors (Lipinski definition) is 1. The number of ketones is 1. The summed E-state index contributed by atoms with van der Waals surface area (Å²) < 4.78 is 7.25. The number of carbonyl (C=O) groups excluding carboxylic acids is 2. The van der Waals surface area contributed by atoms with Gasteiger partial charge < -0.3 is 14.3 Å². The molecule has 3 rings (SSSR count). The molecule has 0 atom stereocenters. The summed E-state index contributed by atoms with van der Waals surface area (Å²) in [6.07, 6.45) is 2.69. The normalized spacial score (nSPS) is 10.8. The maximum Gasteiger partial charge on any atom is 0.224 e. The van der Waals surface area contributed by atoms with E-state index in [1.54, 1.807) is 42.3 Å². The van der Waals surface area contributed by atoms with Crippen LogP contribution in [-0.4, -0.2) is 32.2 Å². The molecule has 0 saturated carbocycles. The molecule has 28 heavy (non-hydrogen) atoms. The van der Waals surface area contributed by atoms with Crippen LogP contribution >= 0.6 is 11.8 Å². The van der Waals surface area contributed by atoms with Crippen molar-refractivity contribution in [1.29, 1.82) is 0 Å². The van der Waals surface area contributed by atoms with Crippen LogP contribution in [0, 0.1) is 6.92 Å². The lowest BCUT2D eigenvalue weighted by molar-refractivity contribution is -0.116. The first-order valence-corrected chi connectivity index (χ1v) is 9.92. The van der Waals surface area contributed by atoms with E-state index in [1.807, 2.05) is 24.6 Å². The van der Waals surface area contributed by atoms with E-state index < -0.39 is 0 Å². The predicted octanol–water partition coefficient (Wildman–Crippen LogP) is 4.10. The Balaban J connectivity index is 1.50. The number of carbonyl (C=O) groups is 2. The van der Waals surface area contributed by atoms with Crippen molar-refractivity contribution in [3.63, 3.8) is 0 Å². The lowest BCUT2D eigenvalue weighted by Crippen LogP contribution is -2.14. The number of thioether (sulfide) groups is 1. The summed E-state index contributed by atoms with van der Waals surface area (Å²) in [5.41, 5.74) is 2.00. The standard InChI is InChI=1S/C20H22N4O3S/c1-13(25)15-7-4-5-8-17(15)21-18(26)9-6-12-28-20-23-22-19(24(20)3)16-10-11-27-14(16)2/h4-5,7-8,10-11H,6,9,12H2,1-3H3,(H,21,26). The highest BCUT2D eigenvalue weighted by atomic mass is 32.2. The summed E-state index contributed by atoms with van der Waals surface area (Å²) in [6, 6.07) is 8.90. The van der Waals surface area contributed by atoms with Crippen LogP contribution < -0.4 is 5.32 Å². The van der Waals surface area contributed by atoms with Gasteiger partial charge in [-0.25, -0.2) is 0 Å². The Morgan fingerprint density at radius 2 is 2.00 bits per heavy atom. The number of benzene rings is 1. The van der Waals surface area contributed by atoms with Crippen molar-refractivity contribution in [1.82, 2.24) is 14.8 Å². The van der Waals surface area contributed by atoms with E-state index >= 15 is 0 Å². The van der Waals surface area contributed by atoms with Crippen LogP contribution in [0.4, 0.5) is 5.69 Å². The van der Waals surface area contributed by atoms with Gasteiger partial charge in [0.25, 0.3) is 0 Å². The Morgan fingerprint density at radius 1 is 1.21 bits per heavy atom. The van der Waals surface area contributed by atoms with Crippen molar-refractivity contribution in [2.45, 2.75) is 31.8 Å². The van der Waals surface area contributed by atoms with Crippen LogP contribution in [0.3, 0.4) is 0 Å². The summed E-state index contributed by atoms with van der Waals surface area (Å²) >= 11 is 1.55. The molecule has 0 bridgehead atoms. The zero-order chi connectivity index (χ0) is 20.1. The molecule has 0 saturated heterocycles. The topological polar surface area (TPSA) is 90.0 Å². The lowest BCUT2D eigenvalue weighted by Gasteiger charge is -2.09. The Bertz CT molecular complexity index is 993. The molecule has 8 heteroatoms. The van der Waals surface area contributed by atoms with E-state index in [0.29, 0.717) is 24.1 Å². The lowest BCUT2D eigenvalue weighted by atomic mass is 10.1. The van der Waals surface area contributed by atoms with Crippen molar-refractivity contribution in [2.24, 2.45) is 7.05 Å². The molecule has 7 nitrogen and oxygen atoms in total. The molecule has 0 aliphatic carbocycles. The number of furan rings is 1. The van der Waals surface area contributed by atoms with Gasteiger partial charge in [-0.15, -0.1) is 10.2 Å². The van der Waals surface area contributed by atoms with Gasteiger partial charge in [0.15, 0.2) is 16.8 Å². The summed E-state index contributed by atoms with van der Waals surface area (Å²) in [5.74, 6) is 2.11. The Kier molecular flexibility index (Phi) is 6.30. The van der Waals surface area contributed by atoms with Crippen LogP contribution in [0.25, 0.3) is 11.4 Å². The second kappa shape index (κ2) is 8.88. The maximum atomic E-state index is 12.2. The van der Waals surface area contributed by atoms with Gasteiger partial charge in [-0.05, 0) is 38.5 Å². The fraction of sp³-hybridized carbons (Fsp3) is 0.300. The highest BCUT2D eigenvalue weighted by Crippen LogP contribution is 2.26.